The Kier molecular flexibility index (Phi) is 8.73. The Balaban J connectivity index is 1.61. The van der Waals surface area contributed by atoms with Crippen LogP contribution in [0.15, 0.2) is 82.6 Å². The fourth-order valence-corrected chi connectivity index (χ4v) is 4.21. The van der Waals surface area contributed by atoms with E-state index in [1.165, 1.54) is 29.1 Å². The van der Waals surface area contributed by atoms with Crippen molar-refractivity contribution in [2.75, 3.05) is 25.5 Å². The normalized spacial score (nSPS) is 11.6. The van der Waals surface area contributed by atoms with E-state index in [-0.39, 0.29) is 11.8 Å². The summed E-state index contributed by atoms with van der Waals surface area (Å²) in [6, 6.07) is 23.1. The van der Waals surface area contributed by atoms with Gasteiger partial charge in [-0.3, -0.25) is 9.59 Å². The molecule has 0 bridgehead atoms. The zero-order chi connectivity index (χ0) is 22.9. The Hall–Kier alpha value is -2.80. The number of hydrogen-bond acceptors (Lipinski definition) is 3. The summed E-state index contributed by atoms with van der Waals surface area (Å²) in [5.74, 6) is -0.348. The lowest BCUT2D eigenvalue weighted by Gasteiger charge is -2.15. The highest BCUT2D eigenvalue weighted by molar-refractivity contribution is 7.99. The molecule has 0 saturated carbocycles. The molecule has 0 aromatic heterocycles. The SMILES string of the molecule is CC(=O)Nc1cc(C(=O)NCC[NH+](C)Cc2ccccc2)ccc1Sc1ccc(Cl)cc1. The van der Waals surface area contributed by atoms with E-state index in [2.05, 4.69) is 29.8 Å². The second-order valence-corrected chi connectivity index (χ2v) is 9.13. The summed E-state index contributed by atoms with van der Waals surface area (Å²) in [4.78, 5) is 27.5. The van der Waals surface area contributed by atoms with E-state index < -0.39 is 0 Å². The van der Waals surface area contributed by atoms with Gasteiger partial charge in [0.05, 0.1) is 25.8 Å². The standard InChI is InChI=1S/C25H26ClN3O2S/c1-18(30)28-23-16-20(8-13-24(23)32-22-11-9-21(26)10-12-22)25(31)27-14-15-29(2)17-19-6-4-3-5-7-19/h3-13,16H,14-15,17H2,1-2H3,(H,27,31)(H,28,30)/p+1. The molecule has 3 aromatic carbocycles. The van der Waals surface area contributed by atoms with Crippen molar-refractivity contribution in [1.29, 1.82) is 0 Å². The van der Waals surface area contributed by atoms with Crippen LogP contribution in [0.2, 0.25) is 5.02 Å². The third kappa shape index (κ3) is 7.41. The van der Waals surface area contributed by atoms with Crippen LogP contribution < -0.4 is 15.5 Å². The average molecular weight is 469 g/mol. The molecule has 7 heteroatoms. The topological polar surface area (TPSA) is 62.6 Å². The maximum absolute atomic E-state index is 12.7. The molecule has 1 unspecified atom stereocenters. The van der Waals surface area contributed by atoms with Gasteiger partial charge in [-0.15, -0.1) is 0 Å². The first kappa shape index (κ1) is 23.9. The minimum atomic E-state index is -0.188. The summed E-state index contributed by atoms with van der Waals surface area (Å²) in [5.41, 5.74) is 2.39. The molecule has 166 valence electrons. The number of rotatable bonds is 9. The maximum Gasteiger partial charge on any atom is 0.251 e. The molecule has 0 radical (unpaired) electrons. The van der Waals surface area contributed by atoms with Gasteiger partial charge in [0.15, 0.2) is 0 Å². The van der Waals surface area contributed by atoms with E-state index >= 15 is 0 Å². The predicted octanol–water partition coefficient (Wildman–Crippen LogP) is 3.89. The van der Waals surface area contributed by atoms with Crippen LogP contribution in [0.3, 0.4) is 0 Å². The zero-order valence-electron chi connectivity index (χ0n) is 18.2. The van der Waals surface area contributed by atoms with Gasteiger partial charge in [-0.05, 0) is 42.5 Å². The lowest BCUT2D eigenvalue weighted by molar-refractivity contribution is -0.892. The number of hydrogen-bond donors (Lipinski definition) is 3. The molecule has 3 rings (SSSR count). The van der Waals surface area contributed by atoms with Crippen molar-refractivity contribution < 1.29 is 14.5 Å². The molecule has 0 heterocycles. The number of halogens is 1. The van der Waals surface area contributed by atoms with Crippen LogP contribution in [0.1, 0.15) is 22.8 Å². The Morgan fingerprint density at radius 3 is 2.41 bits per heavy atom. The van der Waals surface area contributed by atoms with E-state index in [0.717, 1.165) is 22.9 Å². The Bertz CT molecular complexity index is 1060. The number of benzene rings is 3. The highest BCUT2D eigenvalue weighted by atomic mass is 35.5. The quantitative estimate of drug-likeness (QED) is 0.446. The van der Waals surface area contributed by atoms with Crippen molar-refractivity contribution in [3.05, 3.63) is 88.9 Å². The smallest absolute Gasteiger partial charge is 0.251 e. The van der Waals surface area contributed by atoms with Crippen LogP contribution in [0, 0.1) is 0 Å². The summed E-state index contributed by atoms with van der Waals surface area (Å²) in [6.45, 7) is 3.73. The third-order valence-electron chi connectivity index (χ3n) is 4.78. The molecule has 3 N–H and O–H groups in total. The van der Waals surface area contributed by atoms with Crippen LogP contribution in [0.4, 0.5) is 5.69 Å². The van der Waals surface area contributed by atoms with Gasteiger partial charge in [-0.25, -0.2) is 0 Å². The van der Waals surface area contributed by atoms with Crippen molar-refractivity contribution in [2.24, 2.45) is 0 Å². The second-order valence-electron chi connectivity index (χ2n) is 7.57. The van der Waals surface area contributed by atoms with E-state index in [1.54, 1.807) is 12.1 Å². The molecular weight excluding hydrogens is 442 g/mol. The third-order valence-corrected chi connectivity index (χ3v) is 6.12. The lowest BCUT2D eigenvalue weighted by Crippen LogP contribution is -3.08. The van der Waals surface area contributed by atoms with Crippen LogP contribution in [-0.2, 0) is 11.3 Å². The van der Waals surface area contributed by atoms with Crippen LogP contribution in [0.5, 0.6) is 0 Å². The van der Waals surface area contributed by atoms with Crippen LogP contribution in [-0.4, -0.2) is 32.0 Å². The molecule has 32 heavy (non-hydrogen) atoms. The summed E-state index contributed by atoms with van der Waals surface area (Å²) in [7, 11) is 2.11. The lowest BCUT2D eigenvalue weighted by atomic mass is 10.2. The predicted molar refractivity (Wildman–Crippen MR) is 131 cm³/mol. The van der Waals surface area contributed by atoms with E-state index in [4.69, 9.17) is 11.6 Å². The minimum absolute atomic E-state index is 0.160. The second kappa shape index (κ2) is 11.7. The highest BCUT2D eigenvalue weighted by Crippen LogP contribution is 2.34. The first-order chi connectivity index (χ1) is 15.4. The molecule has 2 amide bonds. The number of quaternary nitrogens is 1. The van der Waals surface area contributed by atoms with E-state index in [9.17, 15) is 9.59 Å². The molecular formula is C25H27ClN3O2S+. The van der Waals surface area contributed by atoms with Crippen molar-refractivity contribution >= 4 is 40.9 Å². The van der Waals surface area contributed by atoms with Gasteiger partial charge in [-0.1, -0.05) is 53.7 Å². The summed E-state index contributed by atoms with van der Waals surface area (Å²) < 4.78 is 0. The molecule has 0 fully saturated rings. The molecule has 0 spiro atoms. The molecule has 1 atom stereocenters. The highest BCUT2D eigenvalue weighted by Gasteiger charge is 2.13. The molecule has 0 aliphatic carbocycles. The maximum atomic E-state index is 12.7. The fourth-order valence-electron chi connectivity index (χ4n) is 3.20. The van der Waals surface area contributed by atoms with E-state index in [0.29, 0.717) is 22.8 Å². The van der Waals surface area contributed by atoms with Gasteiger partial charge in [0.2, 0.25) is 5.91 Å². The molecule has 0 saturated heterocycles. The van der Waals surface area contributed by atoms with E-state index in [1.807, 2.05) is 48.5 Å². The molecule has 0 aliphatic heterocycles. The fraction of sp³-hybridized carbons (Fsp3) is 0.200. The number of anilines is 1. The van der Waals surface area contributed by atoms with Crippen LogP contribution >= 0.6 is 23.4 Å². The zero-order valence-corrected chi connectivity index (χ0v) is 19.7. The number of carbonyl (C=O) groups is 2. The first-order valence-corrected chi connectivity index (χ1v) is 11.6. The largest absolute Gasteiger partial charge is 0.346 e. The van der Waals surface area contributed by atoms with Gasteiger partial charge in [0.25, 0.3) is 5.91 Å². The Labute approximate surface area is 198 Å². The van der Waals surface area contributed by atoms with Crippen molar-refractivity contribution in [3.63, 3.8) is 0 Å². The van der Waals surface area contributed by atoms with Crippen molar-refractivity contribution in [3.8, 4) is 0 Å². The summed E-state index contributed by atoms with van der Waals surface area (Å²) in [5, 5.41) is 6.48. The minimum Gasteiger partial charge on any atom is -0.346 e. The van der Waals surface area contributed by atoms with Gasteiger partial charge < -0.3 is 15.5 Å². The summed E-state index contributed by atoms with van der Waals surface area (Å²) in [6.07, 6.45) is 0. The molecule has 0 aliphatic rings. The summed E-state index contributed by atoms with van der Waals surface area (Å²) >= 11 is 7.46. The van der Waals surface area contributed by atoms with Crippen molar-refractivity contribution in [1.82, 2.24) is 5.32 Å². The van der Waals surface area contributed by atoms with Crippen molar-refractivity contribution in [2.45, 2.75) is 23.3 Å². The number of likely N-dealkylation sites (N-methyl/N-ethyl adjacent to an activating group) is 1. The molecule has 3 aromatic rings. The van der Waals surface area contributed by atoms with Gasteiger partial charge >= 0.3 is 0 Å². The van der Waals surface area contributed by atoms with Gasteiger partial charge in [0.1, 0.15) is 6.54 Å². The number of amides is 2. The van der Waals surface area contributed by atoms with Crippen LogP contribution in [0.25, 0.3) is 0 Å². The van der Waals surface area contributed by atoms with Gasteiger partial charge in [0, 0.05) is 32.9 Å². The number of carbonyl (C=O) groups excluding carboxylic acids is 2. The average Bonchev–Trinajstić information content (AvgIpc) is 2.76. The monoisotopic (exact) mass is 468 g/mol. The number of nitrogens with one attached hydrogen (secondary N) is 3. The molecule has 5 nitrogen and oxygen atoms in total. The first-order valence-electron chi connectivity index (χ1n) is 10.4. The Morgan fingerprint density at radius 1 is 1.00 bits per heavy atom. The van der Waals surface area contributed by atoms with Gasteiger partial charge in [-0.2, -0.15) is 0 Å². The Morgan fingerprint density at radius 2 is 1.72 bits per heavy atom.